The predicted octanol–water partition coefficient (Wildman–Crippen LogP) is 6.11. The SMILES string of the molecule is COc1cc(NC(C)c2ccc(Cl)s2)c(Br)cc1Br. The number of nitrogens with one attached hydrogen (secondary N) is 1. The molecule has 0 amide bonds. The van der Waals surface area contributed by atoms with E-state index in [0.717, 1.165) is 24.7 Å². The fourth-order valence-corrected chi connectivity index (χ4v) is 4.00. The van der Waals surface area contributed by atoms with Crippen LogP contribution in [0, 0.1) is 0 Å². The highest BCUT2D eigenvalue weighted by molar-refractivity contribution is 9.11. The third-order valence-corrected chi connectivity index (χ3v) is 5.32. The van der Waals surface area contributed by atoms with Gasteiger partial charge in [-0.05, 0) is 57.0 Å². The van der Waals surface area contributed by atoms with Crippen LogP contribution >= 0.6 is 54.8 Å². The van der Waals surface area contributed by atoms with E-state index < -0.39 is 0 Å². The van der Waals surface area contributed by atoms with Crippen LogP contribution in [0.25, 0.3) is 0 Å². The molecular formula is C13H12Br2ClNOS. The third-order valence-electron chi connectivity index (χ3n) is 2.63. The van der Waals surface area contributed by atoms with Crippen LogP contribution in [-0.4, -0.2) is 7.11 Å². The number of halogens is 3. The topological polar surface area (TPSA) is 21.3 Å². The van der Waals surface area contributed by atoms with Crippen molar-refractivity contribution >= 4 is 60.5 Å². The van der Waals surface area contributed by atoms with Crippen molar-refractivity contribution in [1.29, 1.82) is 0 Å². The van der Waals surface area contributed by atoms with Gasteiger partial charge >= 0.3 is 0 Å². The Bertz CT molecular complexity index is 588. The van der Waals surface area contributed by atoms with Crippen molar-refractivity contribution < 1.29 is 4.74 Å². The van der Waals surface area contributed by atoms with Crippen LogP contribution in [-0.2, 0) is 0 Å². The van der Waals surface area contributed by atoms with Gasteiger partial charge in [0.05, 0.1) is 27.6 Å². The first-order chi connectivity index (χ1) is 9.01. The molecule has 1 heterocycles. The van der Waals surface area contributed by atoms with Gasteiger partial charge in [0.2, 0.25) is 0 Å². The van der Waals surface area contributed by atoms with Gasteiger partial charge in [-0.15, -0.1) is 11.3 Å². The maximum Gasteiger partial charge on any atom is 0.135 e. The van der Waals surface area contributed by atoms with Crippen molar-refractivity contribution in [3.63, 3.8) is 0 Å². The predicted molar refractivity (Wildman–Crippen MR) is 89.8 cm³/mol. The van der Waals surface area contributed by atoms with Crippen LogP contribution in [0.4, 0.5) is 5.69 Å². The molecule has 0 spiro atoms. The standard InChI is InChI=1S/C13H12Br2ClNOS/c1-7(12-3-4-13(16)19-12)17-10-6-11(18-2)9(15)5-8(10)14/h3-7,17H,1-2H3. The lowest BCUT2D eigenvalue weighted by Gasteiger charge is -2.16. The van der Waals surface area contributed by atoms with Crippen LogP contribution in [0.3, 0.4) is 0 Å². The summed E-state index contributed by atoms with van der Waals surface area (Å²) in [6.07, 6.45) is 0. The number of thiophene rings is 1. The first-order valence-corrected chi connectivity index (χ1v) is 8.34. The summed E-state index contributed by atoms with van der Waals surface area (Å²) < 4.78 is 8.00. The maximum absolute atomic E-state index is 5.96. The summed E-state index contributed by atoms with van der Waals surface area (Å²) in [5, 5.41) is 3.45. The Morgan fingerprint density at radius 2 is 2.00 bits per heavy atom. The summed E-state index contributed by atoms with van der Waals surface area (Å²) in [6, 6.07) is 8.06. The number of ether oxygens (including phenoxy) is 1. The average Bonchev–Trinajstić information content (AvgIpc) is 2.79. The monoisotopic (exact) mass is 423 g/mol. The summed E-state index contributed by atoms with van der Waals surface area (Å²) in [6.45, 7) is 2.10. The molecule has 1 atom stereocenters. The molecule has 0 saturated heterocycles. The smallest absolute Gasteiger partial charge is 0.135 e. The van der Waals surface area contributed by atoms with Gasteiger partial charge in [-0.3, -0.25) is 0 Å². The van der Waals surface area contributed by atoms with Crippen LogP contribution in [0.1, 0.15) is 17.8 Å². The van der Waals surface area contributed by atoms with Crippen LogP contribution in [0.2, 0.25) is 4.34 Å². The Kier molecular flexibility index (Phi) is 5.17. The molecule has 0 aliphatic carbocycles. The zero-order valence-corrected chi connectivity index (χ0v) is 15.1. The summed E-state index contributed by atoms with van der Waals surface area (Å²) in [4.78, 5) is 1.19. The van der Waals surface area contributed by atoms with E-state index in [4.69, 9.17) is 16.3 Å². The van der Waals surface area contributed by atoms with Gasteiger partial charge in [0, 0.05) is 15.4 Å². The van der Waals surface area contributed by atoms with E-state index in [9.17, 15) is 0 Å². The van der Waals surface area contributed by atoms with Crippen molar-refractivity contribution in [3.8, 4) is 5.75 Å². The zero-order chi connectivity index (χ0) is 14.0. The number of methoxy groups -OCH3 is 1. The molecule has 0 aliphatic rings. The number of anilines is 1. The molecule has 2 nitrogen and oxygen atoms in total. The largest absolute Gasteiger partial charge is 0.495 e. The van der Waals surface area contributed by atoms with Crippen LogP contribution in [0.15, 0.2) is 33.2 Å². The molecule has 102 valence electrons. The first kappa shape index (κ1) is 15.2. The number of benzene rings is 1. The van der Waals surface area contributed by atoms with Crippen molar-refractivity contribution in [2.24, 2.45) is 0 Å². The van der Waals surface area contributed by atoms with Gasteiger partial charge in [-0.1, -0.05) is 11.6 Å². The molecule has 1 aromatic heterocycles. The van der Waals surface area contributed by atoms with Gasteiger partial charge in [-0.2, -0.15) is 0 Å². The molecule has 2 rings (SSSR count). The molecule has 19 heavy (non-hydrogen) atoms. The van der Waals surface area contributed by atoms with E-state index in [-0.39, 0.29) is 6.04 Å². The average molecular weight is 426 g/mol. The van der Waals surface area contributed by atoms with Gasteiger partial charge in [0.25, 0.3) is 0 Å². The van der Waals surface area contributed by atoms with E-state index in [1.54, 1.807) is 18.4 Å². The number of hydrogen-bond donors (Lipinski definition) is 1. The molecule has 0 radical (unpaired) electrons. The van der Waals surface area contributed by atoms with Crippen LogP contribution < -0.4 is 10.1 Å². The Labute approximate surface area is 138 Å². The fraction of sp³-hybridized carbons (Fsp3) is 0.231. The molecule has 1 N–H and O–H groups in total. The highest BCUT2D eigenvalue weighted by Gasteiger charge is 2.12. The van der Waals surface area contributed by atoms with E-state index in [2.05, 4.69) is 44.1 Å². The molecule has 0 bridgehead atoms. The van der Waals surface area contributed by atoms with Gasteiger partial charge in [-0.25, -0.2) is 0 Å². The van der Waals surface area contributed by atoms with Gasteiger partial charge < -0.3 is 10.1 Å². The molecule has 1 unspecified atom stereocenters. The lowest BCUT2D eigenvalue weighted by Crippen LogP contribution is -2.05. The Balaban J connectivity index is 2.23. The molecular weight excluding hydrogens is 413 g/mol. The minimum absolute atomic E-state index is 0.180. The van der Waals surface area contributed by atoms with Crippen molar-refractivity contribution in [1.82, 2.24) is 0 Å². The van der Waals surface area contributed by atoms with Crippen molar-refractivity contribution in [2.45, 2.75) is 13.0 Å². The van der Waals surface area contributed by atoms with Crippen molar-refractivity contribution in [3.05, 3.63) is 42.4 Å². The molecule has 6 heteroatoms. The Morgan fingerprint density at radius 1 is 1.26 bits per heavy atom. The quantitative estimate of drug-likeness (QED) is 0.638. The minimum Gasteiger partial charge on any atom is -0.495 e. The van der Waals surface area contributed by atoms with Crippen LogP contribution in [0.5, 0.6) is 5.75 Å². The summed E-state index contributed by atoms with van der Waals surface area (Å²) in [5.74, 6) is 0.794. The fourth-order valence-electron chi connectivity index (χ4n) is 1.66. The van der Waals surface area contributed by atoms with E-state index >= 15 is 0 Å². The molecule has 0 fully saturated rings. The Hall–Kier alpha value is -0.230. The normalized spacial score (nSPS) is 12.3. The summed E-state index contributed by atoms with van der Waals surface area (Å²) >= 11 is 14.5. The third kappa shape index (κ3) is 3.66. The first-order valence-electron chi connectivity index (χ1n) is 5.56. The van der Waals surface area contributed by atoms with E-state index in [0.29, 0.717) is 0 Å². The highest BCUT2D eigenvalue weighted by Crippen LogP contribution is 2.37. The van der Waals surface area contributed by atoms with Crippen molar-refractivity contribution in [2.75, 3.05) is 12.4 Å². The lowest BCUT2D eigenvalue weighted by atomic mass is 10.2. The van der Waals surface area contributed by atoms with Gasteiger partial charge in [0.1, 0.15) is 5.75 Å². The number of rotatable bonds is 4. The zero-order valence-electron chi connectivity index (χ0n) is 10.3. The summed E-state index contributed by atoms with van der Waals surface area (Å²) in [5.41, 5.74) is 0.983. The highest BCUT2D eigenvalue weighted by atomic mass is 79.9. The van der Waals surface area contributed by atoms with E-state index in [1.165, 1.54) is 4.88 Å². The number of hydrogen-bond acceptors (Lipinski definition) is 3. The molecule has 2 aromatic rings. The second-order valence-corrected chi connectivity index (χ2v) is 7.43. The lowest BCUT2D eigenvalue weighted by molar-refractivity contribution is 0.412. The molecule has 0 aliphatic heterocycles. The second kappa shape index (κ2) is 6.48. The molecule has 1 aromatic carbocycles. The van der Waals surface area contributed by atoms with E-state index in [1.807, 2.05) is 24.3 Å². The summed E-state index contributed by atoms with van der Waals surface area (Å²) in [7, 11) is 1.65. The maximum atomic E-state index is 5.96. The molecule has 0 saturated carbocycles. The minimum atomic E-state index is 0.180. The second-order valence-electron chi connectivity index (χ2n) is 3.97. The van der Waals surface area contributed by atoms with Gasteiger partial charge in [0.15, 0.2) is 0 Å². The Morgan fingerprint density at radius 3 is 2.58 bits per heavy atom.